The van der Waals surface area contributed by atoms with Crippen LogP contribution in [0, 0.1) is 12.8 Å². The second kappa shape index (κ2) is 6.88. The van der Waals surface area contributed by atoms with Gasteiger partial charge in [-0.25, -0.2) is 0 Å². The molecule has 0 aliphatic heterocycles. The minimum absolute atomic E-state index is 0.137. The van der Waals surface area contributed by atoms with Gasteiger partial charge >= 0.3 is 0 Å². The molecule has 1 aromatic heterocycles. The van der Waals surface area contributed by atoms with E-state index in [9.17, 15) is 9.59 Å². The van der Waals surface area contributed by atoms with Gasteiger partial charge in [0.1, 0.15) is 0 Å². The summed E-state index contributed by atoms with van der Waals surface area (Å²) >= 11 is 0. The topological polar surface area (TPSA) is 76.0 Å². The lowest BCUT2D eigenvalue weighted by molar-refractivity contribution is -0.114. The Labute approximate surface area is 158 Å². The lowest BCUT2D eigenvalue weighted by Gasteiger charge is -2.13. The van der Waals surface area contributed by atoms with Crippen molar-refractivity contribution in [2.24, 2.45) is 11.7 Å². The molecule has 0 bridgehead atoms. The number of hydrogen-bond acceptors (Lipinski definition) is 2. The molecular formula is C23H22N2O2. The number of amides is 1. The summed E-state index contributed by atoms with van der Waals surface area (Å²) < 4.78 is 0. The zero-order valence-electron chi connectivity index (χ0n) is 15.3. The number of carbonyl (C=O) groups is 2. The Morgan fingerprint density at radius 3 is 2.70 bits per heavy atom. The number of hydrogen-bond donors (Lipinski definition) is 2. The van der Waals surface area contributed by atoms with E-state index in [0.29, 0.717) is 17.9 Å². The Hall–Kier alpha value is -3.14. The first-order chi connectivity index (χ1) is 13.0. The van der Waals surface area contributed by atoms with Crippen LogP contribution in [0.3, 0.4) is 0 Å². The van der Waals surface area contributed by atoms with Crippen molar-refractivity contribution in [1.82, 2.24) is 4.98 Å². The minimum Gasteiger partial charge on any atom is -0.366 e. The summed E-state index contributed by atoms with van der Waals surface area (Å²) in [4.78, 5) is 27.1. The van der Waals surface area contributed by atoms with Crippen LogP contribution >= 0.6 is 0 Å². The highest BCUT2D eigenvalue weighted by atomic mass is 16.1. The Bertz CT molecular complexity index is 1070. The van der Waals surface area contributed by atoms with E-state index in [-0.39, 0.29) is 5.78 Å². The predicted molar refractivity (Wildman–Crippen MR) is 108 cm³/mol. The van der Waals surface area contributed by atoms with Crippen LogP contribution in [-0.2, 0) is 11.2 Å². The molecule has 1 aliphatic rings. The van der Waals surface area contributed by atoms with Gasteiger partial charge in [-0.15, -0.1) is 0 Å². The Kier molecular flexibility index (Phi) is 4.40. The SMILES string of the molecule is Cc1c(CC(=O)/C=C/C2CC2)cccc1-c1ccc(C(N)=O)c2[nH]ccc12. The number of ketones is 1. The van der Waals surface area contributed by atoms with Gasteiger partial charge < -0.3 is 10.7 Å². The van der Waals surface area contributed by atoms with Crippen molar-refractivity contribution < 1.29 is 9.59 Å². The molecule has 0 radical (unpaired) electrons. The van der Waals surface area contributed by atoms with E-state index in [4.69, 9.17) is 5.73 Å². The monoisotopic (exact) mass is 358 g/mol. The first-order valence-corrected chi connectivity index (χ1v) is 9.24. The molecule has 1 saturated carbocycles. The van der Waals surface area contributed by atoms with Gasteiger partial charge in [0.05, 0.1) is 11.1 Å². The molecule has 2 aromatic carbocycles. The molecule has 136 valence electrons. The molecule has 27 heavy (non-hydrogen) atoms. The smallest absolute Gasteiger partial charge is 0.250 e. The molecule has 0 spiro atoms. The number of rotatable bonds is 6. The van der Waals surface area contributed by atoms with Crippen molar-refractivity contribution in [3.05, 3.63) is 71.4 Å². The number of allylic oxidation sites excluding steroid dienone is 2. The van der Waals surface area contributed by atoms with Crippen LogP contribution in [0.2, 0.25) is 0 Å². The first kappa shape index (κ1) is 17.3. The fourth-order valence-electron chi connectivity index (χ4n) is 3.54. The zero-order chi connectivity index (χ0) is 19.0. The number of primary amides is 1. The number of fused-ring (bicyclic) bond motifs is 1. The van der Waals surface area contributed by atoms with Crippen LogP contribution in [0.25, 0.3) is 22.0 Å². The average Bonchev–Trinajstić information content (AvgIpc) is 3.35. The van der Waals surface area contributed by atoms with Gasteiger partial charge in [0, 0.05) is 18.0 Å². The highest BCUT2D eigenvalue weighted by Gasteiger charge is 2.18. The maximum absolute atomic E-state index is 12.3. The van der Waals surface area contributed by atoms with Crippen LogP contribution in [0.4, 0.5) is 0 Å². The number of H-pyrrole nitrogens is 1. The van der Waals surface area contributed by atoms with Crippen molar-refractivity contribution in [1.29, 1.82) is 0 Å². The zero-order valence-corrected chi connectivity index (χ0v) is 15.3. The number of benzene rings is 2. The fraction of sp³-hybridized carbons (Fsp3) is 0.217. The Morgan fingerprint density at radius 1 is 1.15 bits per heavy atom. The van der Waals surface area contributed by atoms with Gasteiger partial charge in [-0.3, -0.25) is 9.59 Å². The van der Waals surface area contributed by atoms with Crippen molar-refractivity contribution in [2.75, 3.05) is 0 Å². The molecular weight excluding hydrogens is 336 g/mol. The van der Waals surface area contributed by atoms with E-state index in [1.54, 1.807) is 12.1 Å². The predicted octanol–water partition coefficient (Wildman–Crippen LogP) is 4.32. The third kappa shape index (κ3) is 3.43. The number of aromatic nitrogens is 1. The molecule has 4 nitrogen and oxygen atoms in total. The van der Waals surface area contributed by atoms with E-state index in [1.807, 2.05) is 43.5 Å². The molecule has 0 unspecified atom stereocenters. The fourth-order valence-corrected chi connectivity index (χ4v) is 3.54. The molecule has 1 aliphatic carbocycles. The van der Waals surface area contributed by atoms with Gasteiger partial charge in [-0.1, -0.05) is 30.3 Å². The number of nitrogens with two attached hydrogens (primary N) is 1. The normalized spacial score (nSPS) is 14.1. The molecule has 1 amide bonds. The first-order valence-electron chi connectivity index (χ1n) is 9.24. The Morgan fingerprint density at radius 2 is 1.96 bits per heavy atom. The molecule has 0 atom stereocenters. The van der Waals surface area contributed by atoms with E-state index >= 15 is 0 Å². The van der Waals surface area contributed by atoms with Gasteiger partial charge in [-0.05, 0) is 66.1 Å². The Balaban J connectivity index is 1.71. The lowest BCUT2D eigenvalue weighted by atomic mass is 9.91. The minimum atomic E-state index is -0.451. The van der Waals surface area contributed by atoms with Crippen molar-refractivity contribution >= 4 is 22.6 Å². The molecule has 4 heteroatoms. The second-order valence-electron chi connectivity index (χ2n) is 7.22. The van der Waals surface area contributed by atoms with Gasteiger partial charge in [0.25, 0.3) is 5.91 Å². The van der Waals surface area contributed by atoms with Crippen LogP contribution in [0.5, 0.6) is 0 Å². The number of nitrogens with one attached hydrogen (secondary N) is 1. The summed E-state index contributed by atoms with van der Waals surface area (Å²) in [7, 11) is 0. The lowest BCUT2D eigenvalue weighted by Crippen LogP contribution is -2.11. The third-order valence-corrected chi connectivity index (χ3v) is 5.27. The van der Waals surface area contributed by atoms with Gasteiger partial charge in [-0.2, -0.15) is 0 Å². The molecule has 3 N–H and O–H groups in total. The van der Waals surface area contributed by atoms with E-state index in [2.05, 4.69) is 11.1 Å². The highest BCUT2D eigenvalue weighted by molar-refractivity contribution is 6.09. The van der Waals surface area contributed by atoms with Crippen molar-refractivity contribution in [2.45, 2.75) is 26.2 Å². The maximum atomic E-state index is 12.3. The average molecular weight is 358 g/mol. The molecule has 3 aromatic rings. The van der Waals surface area contributed by atoms with Crippen LogP contribution in [0.15, 0.2) is 54.7 Å². The highest BCUT2D eigenvalue weighted by Crippen LogP contribution is 2.34. The summed E-state index contributed by atoms with van der Waals surface area (Å²) in [5.41, 5.74) is 10.9. The molecule has 1 fully saturated rings. The number of aromatic amines is 1. The molecule has 1 heterocycles. The van der Waals surface area contributed by atoms with Crippen LogP contribution in [-0.4, -0.2) is 16.7 Å². The van der Waals surface area contributed by atoms with E-state index in [0.717, 1.165) is 33.2 Å². The standard InChI is InChI=1S/C23H22N2O2/c1-14-16(13-17(26)8-7-15-5-6-15)3-2-4-18(14)19-9-10-21(23(24)27)22-20(19)11-12-25-22/h2-4,7-12,15,25H,5-6,13H2,1H3,(H2,24,27)/b8-7+. The second-order valence-corrected chi connectivity index (χ2v) is 7.22. The summed E-state index contributed by atoms with van der Waals surface area (Å²) in [5, 5.41) is 0.950. The van der Waals surface area contributed by atoms with Gasteiger partial charge in [0.2, 0.25) is 0 Å². The van der Waals surface area contributed by atoms with E-state index < -0.39 is 5.91 Å². The largest absolute Gasteiger partial charge is 0.366 e. The van der Waals surface area contributed by atoms with Crippen LogP contribution < -0.4 is 5.73 Å². The third-order valence-electron chi connectivity index (χ3n) is 5.27. The van der Waals surface area contributed by atoms with Gasteiger partial charge in [0.15, 0.2) is 5.78 Å². The van der Waals surface area contributed by atoms with Crippen molar-refractivity contribution in [3.8, 4) is 11.1 Å². The number of carbonyl (C=O) groups excluding carboxylic acids is 2. The maximum Gasteiger partial charge on any atom is 0.250 e. The quantitative estimate of drug-likeness (QED) is 0.644. The summed E-state index contributed by atoms with van der Waals surface area (Å²) in [5.74, 6) is 0.289. The van der Waals surface area contributed by atoms with E-state index in [1.165, 1.54) is 12.8 Å². The molecule has 4 rings (SSSR count). The van der Waals surface area contributed by atoms with Crippen LogP contribution in [0.1, 0.15) is 34.3 Å². The van der Waals surface area contributed by atoms with Crippen molar-refractivity contribution in [3.63, 3.8) is 0 Å². The summed E-state index contributed by atoms with van der Waals surface area (Å²) in [6, 6.07) is 11.7. The summed E-state index contributed by atoms with van der Waals surface area (Å²) in [6.45, 7) is 2.04. The molecule has 0 saturated heterocycles. The summed E-state index contributed by atoms with van der Waals surface area (Å²) in [6.07, 6.45) is 8.38.